The summed E-state index contributed by atoms with van der Waals surface area (Å²) >= 11 is 3.29. The number of amides is 1. The Balaban J connectivity index is 1.92. The number of rotatable bonds is 8. The number of methoxy groups -OCH3 is 1. The van der Waals surface area contributed by atoms with Crippen LogP contribution in [0.1, 0.15) is 17.3 Å². The number of anilines is 1. The van der Waals surface area contributed by atoms with Gasteiger partial charge >= 0.3 is 0 Å². The fraction of sp³-hybridized carbons (Fsp3) is 0.333. The minimum Gasteiger partial charge on any atom is -0.497 e. The van der Waals surface area contributed by atoms with Gasteiger partial charge in [0.05, 0.1) is 44.5 Å². The van der Waals surface area contributed by atoms with Crippen molar-refractivity contribution in [3.05, 3.63) is 48.0 Å². The van der Waals surface area contributed by atoms with Crippen LogP contribution in [-0.2, 0) is 0 Å². The number of aromatic nitrogens is 1. The van der Waals surface area contributed by atoms with E-state index in [1.54, 1.807) is 23.8 Å². The highest BCUT2D eigenvalue weighted by molar-refractivity contribution is 7.99. The van der Waals surface area contributed by atoms with Gasteiger partial charge in [0, 0.05) is 10.5 Å². The molecule has 1 N–H and O–H groups in total. The van der Waals surface area contributed by atoms with Gasteiger partial charge in [-0.25, -0.2) is 4.98 Å². The van der Waals surface area contributed by atoms with Crippen molar-refractivity contribution in [3.63, 3.8) is 0 Å². The number of benzene rings is 2. The van der Waals surface area contributed by atoms with Crippen LogP contribution in [0.4, 0.5) is 5.13 Å². The van der Waals surface area contributed by atoms with Crippen molar-refractivity contribution in [1.82, 2.24) is 4.98 Å². The van der Waals surface area contributed by atoms with Gasteiger partial charge in [-0.05, 0) is 48.2 Å². The number of nitrogens with zero attached hydrogens (tertiary/aromatic N) is 2. The molecule has 28 heavy (non-hydrogen) atoms. The van der Waals surface area contributed by atoms with E-state index < -0.39 is 0 Å². The summed E-state index contributed by atoms with van der Waals surface area (Å²) in [5, 5.41) is 0.724. The molecule has 1 heterocycles. The Hall–Kier alpha value is -2.09. The molecule has 0 spiro atoms. The fourth-order valence-corrected chi connectivity index (χ4v) is 4.45. The minimum atomic E-state index is -0.0136. The van der Waals surface area contributed by atoms with Crippen molar-refractivity contribution in [2.75, 3.05) is 44.9 Å². The molecule has 0 aliphatic carbocycles. The zero-order valence-electron chi connectivity index (χ0n) is 16.7. The molecular weight excluding hydrogens is 390 g/mol. The van der Waals surface area contributed by atoms with Crippen LogP contribution in [0.15, 0.2) is 47.4 Å². The number of ether oxygens (including phenoxy) is 1. The van der Waals surface area contributed by atoms with Crippen LogP contribution in [-0.4, -0.2) is 50.9 Å². The zero-order chi connectivity index (χ0) is 20.1. The fourth-order valence-electron chi connectivity index (χ4n) is 2.77. The maximum atomic E-state index is 13.3. The van der Waals surface area contributed by atoms with Crippen molar-refractivity contribution in [3.8, 4) is 5.75 Å². The van der Waals surface area contributed by atoms with Gasteiger partial charge in [0.15, 0.2) is 5.13 Å². The zero-order valence-corrected chi connectivity index (χ0v) is 18.3. The first-order chi connectivity index (χ1) is 13.5. The summed E-state index contributed by atoms with van der Waals surface area (Å²) in [6.45, 7) is 3.58. The molecule has 148 valence electrons. The lowest BCUT2D eigenvalue weighted by Gasteiger charge is -2.20. The van der Waals surface area contributed by atoms with Crippen molar-refractivity contribution in [1.29, 1.82) is 0 Å². The molecule has 0 fully saturated rings. The van der Waals surface area contributed by atoms with Gasteiger partial charge in [-0.2, -0.15) is 0 Å². The first-order valence-electron chi connectivity index (χ1n) is 9.30. The number of carbonyl (C=O) groups excluding carboxylic acids is 1. The Morgan fingerprint density at radius 1 is 1.21 bits per heavy atom. The van der Waals surface area contributed by atoms with Gasteiger partial charge in [-0.3, -0.25) is 9.69 Å². The van der Waals surface area contributed by atoms with E-state index in [1.807, 2.05) is 42.5 Å². The van der Waals surface area contributed by atoms with E-state index in [9.17, 15) is 4.79 Å². The second-order valence-electron chi connectivity index (χ2n) is 6.70. The smallest absolute Gasteiger partial charge is 0.260 e. The molecule has 0 aliphatic rings. The van der Waals surface area contributed by atoms with Crippen LogP contribution in [0.25, 0.3) is 10.2 Å². The van der Waals surface area contributed by atoms with E-state index >= 15 is 0 Å². The maximum Gasteiger partial charge on any atom is 0.260 e. The summed E-state index contributed by atoms with van der Waals surface area (Å²) in [5.41, 5.74) is 1.57. The summed E-state index contributed by atoms with van der Waals surface area (Å²) in [6, 6.07) is 13.6. The molecule has 0 bridgehead atoms. The second kappa shape index (κ2) is 9.41. The van der Waals surface area contributed by atoms with Crippen molar-refractivity contribution in [2.24, 2.45) is 0 Å². The minimum absolute atomic E-state index is 0.0136. The largest absolute Gasteiger partial charge is 0.497 e. The summed E-state index contributed by atoms with van der Waals surface area (Å²) in [4.78, 5) is 22.3. The van der Waals surface area contributed by atoms with E-state index in [2.05, 4.69) is 21.0 Å². The van der Waals surface area contributed by atoms with Crippen molar-refractivity contribution in [2.45, 2.75) is 11.8 Å². The predicted octanol–water partition coefficient (Wildman–Crippen LogP) is 3.21. The molecule has 1 aromatic heterocycles. The summed E-state index contributed by atoms with van der Waals surface area (Å²) in [5.74, 6) is 1.79. The van der Waals surface area contributed by atoms with Gasteiger partial charge in [-0.15, -0.1) is 11.8 Å². The number of hydrogen-bond donors (Lipinski definition) is 1. The Bertz CT molecular complexity index is 938. The molecule has 2 aromatic carbocycles. The normalized spacial score (nSPS) is 11.2. The van der Waals surface area contributed by atoms with Gasteiger partial charge in [0.1, 0.15) is 5.75 Å². The predicted molar refractivity (Wildman–Crippen MR) is 118 cm³/mol. The Labute approximate surface area is 174 Å². The summed E-state index contributed by atoms with van der Waals surface area (Å²) in [7, 11) is 5.82. The molecule has 5 nitrogen and oxygen atoms in total. The van der Waals surface area contributed by atoms with Crippen LogP contribution in [0.5, 0.6) is 5.75 Å². The molecular formula is C21H26N3O2S2+. The van der Waals surface area contributed by atoms with Gasteiger partial charge in [0.2, 0.25) is 0 Å². The van der Waals surface area contributed by atoms with Gasteiger partial charge in [-0.1, -0.05) is 18.3 Å². The third-order valence-electron chi connectivity index (χ3n) is 4.31. The van der Waals surface area contributed by atoms with E-state index in [0.717, 1.165) is 33.4 Å². The van der Waals surface area contributed by atoms with Gasteiger partial charge < -0.3 is 9.64 Å². The highest BCUT2D eigenvalue weighted by Crippen LogP contribution is 2.32. The average Bonchev–Trinajstić information content (AvgIpc) is 3.11. The lowest BCUT2D eigenvalue weighted by Crippen LogP contribution is -3.06. The number of hydrogen-bond acceptors (Lipinski definition) is 5. The summed E-state index contributed by atoms with van der Waals surface area (Å²) in [6.07, 6.45) is 0. The Morgan fingerprint density at radius 2 is 1.96 bits per heavy atom. The molecule has 3 rings (SSSR count). The number of carbonyl (C=O) groups is 1. The topological polar surface area (TPSA) is 46.9 Å². The Kier molecular flexibility index (Phi) is 6.93. The molecule has 1 amide bonds. The third-order valence-corrected chi connectivity index (χ3v) is 6.24. The van der Waals surface area contributed by atoms with Crippen LogP contribution in [0.3, 0.4) is 0 Å². The first-order valence-corrected chi connectivity index (χ1v) is 11.1. The maximum absolute atomic E-state index is 13.3. The molecule has 0 saturated carbocycles. The molecule has 0 radical (unpaired) electrons. The SMILES string of the molecule is CCSc1ccc(C(=O)N(CC[NH+](C)C)c2nc3ccc(OC)cc3s2)cc1. The first kappa shape index (κ1) is 20.6. The molecule has 0 atom stereocenters. The second-order valence-corrected chi connectivity index (χ2v) is 9.05. The van der Waals surface area contributed by atoms with E-state index in [4.69, 9.17) is 9.72 Å². The lowest BCUT2D eigenvalue weighted by molar-refractivity contribution is -0.856. The average molecular weight is 417 g/mol. The van der Waals surface area contributed by atoms with E-state index in [1.165, 1.54) is 21.1 Å². The van der Waals surface area contributed by atoms with E-state index in [0.29, 0.717) is 12.1 Å². The number of fused-ring (bicyclic) bond motifs is 1. The highest BCUT2D eigenvalue weighted by Gasteiger charge is 2.22. The standard InChI is InChI=1S/C21H25N3O2S2/c1-5-27-17-9-6-15(7-10-17)20(25)24(13-12-23(2)3)21-22-18-11-8-16(26-4)14-19(18)28-21/h6-11,14H,5,12-13H2,1-4H3/p+1. The molecule has 0 aliphatic heterocycles. The number of thiazole rings is 1. The molecule has 0 saturated heterocycles. The number of nitrogens with one attached hydrogen (secondary N) is 1. The Morgan fingerprint density at radius 3 is 2.61 bits per heavy atom. The van der Waals surface area contributed by atoms with Gasteiger partial charge in [0.25, 0.3) is 5.91 Å². The van der Waals surface area contributed by atoms with Crippen molar-refractivity contribution < 1.29 is 14.4 Å². The van der Waals surface area contributed by atoms with Crippen LogP contribution >= 0.6 is 23.1 Å². The molecule has 7 heteroatoms. The van der Waals surface area contributed by atoms with E-state index in [-0.39, 0.29) is 5.91 Å². The lowest BCUT2D eigenvalue weighted by atomic mass is 10.2. The van der Waals surface area contributed by atoms with Crippen LogP contribution in [0.2, 0.25) is 0 Å². The van der Waals surface area contributed by atoms with Crippen LogP contribution in [0, 0.1) is 0 Å². The van der Waals surface area contributed by atoms with Crippen LogP contribution < -0.4 is 14.5 Å². The monoisotopic (exact) mass is 416 g/mol. The third kappa shape index (κ3) is 4.84. The number of thioether (sulfide) groups is 1. The quantitative estimate of drug-likeness (QED) is 0.573. The summed E-state index contributed by atoms with van der Waals surface area (Å²) < 4.78 is 6.32. The molecule has 3 aromatic rings. The highest BCUT2D eigenvalue weighted by atomic mass is 32.2. The van der Waals surface area contributed by atoms with Crippen molar-refractivity contribution >= 4 is 44.4 Å². The number of likely N-dealkylation sites (N-methyl/N-ethyl adjacent to an activating group) is 1. The molecule has 0 unspecified atom stereocenters. The number of quaternary nitrogens is 1.